The van der Waals surface area contributed by atoms with Crippen LogP contribution < -0.4 is 11.1 Å². The van der Waals surface area contributed by atoms with E-state index < -0.39 is 10.8 Å². The molecule has 1 fully saturated rings. The van der Waals surface area contributed by atoms with Crippen LogP contribution in [-0.2, 0) is 4.79 Å². The lowest BCUT2D eigenvalue weighted by molar-refractivity contribution is -0.384. The number of carbonyl (C=O) groups excluding carboxylic acids is 2. The molecule has 20 heavy (non-hydrogen) atoms. The number of nitrogen functional groups attached to an aromatic ring is 1. The van der Waals surface area contributed by atoms with Gasteiger partial charge in [0.05, 0.1) is 27.7 Å². The van der Waals surface area contributed by atoms with E-state index in [4.69, 9.17) is 17.3 Å². The van der Waals surface area contributed by atoms with E-state index in [2.05, 4.69) is 5.32 Å². The third kappa shape index (κ3) is 2.64. The van der Waals surface area contributed by atoms with Crippen LogP contribution >= 0.6 is 11.6 Å². The fourth-order valence-corrected chi connectivity index (χ4v) is 2.08. The minimum Gasteiger partial charge on any atom is -0.397 e. The van der Waals surface area contributed by atoms with Gasteiger partial charge in [0.2, 0.25) is 5.91 Å². The number of halogens is 1. The Balaban J connectivity index is 2.38. The van der Waals surface area contributed by atoms with Gasteiger partial charge in [0.15, 0.2) is 0 Å². The lowest BCUT2D eigenvalue weighted by Gasteiger charge is -2.27. The Morgan fingerprint density at radius 1 is 1.50 bits per heavy atom. The number of nitro benzene ring substituents is 1. The Morgan fingerprint density at radius 2 is 2.20 bits per heavy atom. The van der Waals surface area contributed by atoms with E-state index in [1.165, 1.54) is 4.90 Å². The fourth-order valence-electron chi connectivity index (χ4n) is 1.87. The standard InChI is InChI=1S/C11H11ClN4O4/c12-8-4-6(16(19)20)3-7(10(8)13)11(18)15-2-1-14-9(17)5-15/h3-4H,1-2,5,13H2,(H,14,17). The lowest BCUT2D eigenvalue weighted by atomic mass is 10.1. The predicted octanol–water partition coefficient (Wildman–Crippen LogP) is 0.402. The summed E-state index contributed by atoms with van der Waals surface area (Å²) in [5.74, 6) is -0.845. The highest BCUT2D eigenvalue weighted by molar-refractivity contribution is 6.34. The number of nitro groups is 1. The zero-order chi connectivity index (χ0) is 14.9. The first kappa shape index (κ1) is 14.1. The number of benzene rings is 1. The average molecular weight is 299 g/mol. The van der Waals surface area contributed by atoms with Crippen molar-refractivity contribution in [2.75, 3.05) is 25.4 Å². The summed E-state index contributed by atoms with van der Waals surface area (Å²) in [6.07, 6.45) is 0. The maximum absolute atomic E-state index is 12.3. The van der Waals surface area contributed by atoms with Gasteiger partial charge < -0.3 is 16.0 Å². The highest BCUT2D eigenvalue weighted by Crippen LogP contribution is 2.29. The maximum Gasteiger partial charge on any atom is 0.271 e. The third-order valence-electron chi connectivity index (χ3n) is 2.88. The summed E-state index contributed by atoms with van der Waals surface area (Å²) in [4.78, 5) is 34.9. The van der Waals surface area contributed by atoms with Crippen molar-refractivity contribution in [3.63, 3.8) is 0 Å². The van der Waals surface area contributed by atoms with E-state index in [1.54, 1.807) is 0 Å². The molecule has 1 aromatic carbocycles. The molecule has 1 saturated heterocycles. The molecule has 9 heteroatoms. The molecule has 106 valence electrons. The Morgan fingerprint density at radius 3 is 2.80 bits per heavy atom. The minimum absolute atomic E-state index is 0.0340. The molecule has 2 rings (SSSR count). The van der Waals surface area contributed by atoms with Crippen molar-refractivity contribution in [1.82, 2.24) is 10.2 Å². The van der Waals surface area contributed by atoms with E-state index in [9.17, 15) is 19.7 Å². The number of rotatable bonds is 2. The number of nitrogens with two attached hydrogens (primary N) is 1. The molecule has 2 amide bonds. The van der Waals surface area contributed by atoms with Crippen molar-refractivity contribution in [3.05, 3.63) is 32.8 Å². The molecule has 1 heterocycles. The molecule has 0 radical (unpaired) electrons. The molecule has 1 aromatic rings. The summed E-state index contributed by atoms with van der Waals surface area (Å²) in [5, 5.41) is 13.3. The predicted molar refractivity (Wildman–Crippen MR) is 71.4 cm³/mol. The van der Waals surface area contributed by atoms with Gasteiger partial charge in [0, 0.05) is 25.2 Å². The highest BCUT2D eigenvalue weighted by atomic mass is 35.5. The van der Waals surface area contributed by atoms with Gasteiger partial charge in [-0.25, -0.2) is 0 Å². The van der Waals surface area contributed by atoms with Gasteiger partial charge >= 0.3 is 0 Å². The molecule has 1 aliphatic rings. The Kier molecular flexibility index (Phi) is 3.75. The summed E-state index contributed by atoms with van der Waals surface area (Å²) < 4.78 is 0. The van der Waals surface area contributed by atoms with E-state index in [0.29, 0.717) is 13.1 Å². The monoisotopic (exact) mass is 298 g/mol. The van der Waals surface area contributed by atoms with Crippen LogP contribution in [0.4, 0.5) is 11.4 Å². The van der Waals surface area contributed by atoms with Crippen molar-refractivity contribution in [3.8, 4) is 0 Å². The zero-order valence-electron chi connectivity index (χ0n) is 10.3. The number of nitrogens with one attached hydrogen (secondary N) is 1. The number of carbonyl (C=O) groups is 2. The van der Waals surface area contributed by atoms with E-state index >= 15 is 0 Å². The van der Waals surface area contributed by atoms with Crippen LogP contribution in [-0.4, -0.2) is 41.3 Å². The number of amides is 2. The average Bonchev–Trinajstić information content (AvgIpc) is 2.40. The van der Waals surface area contributed by atoms with E-state index in [-0.39, 0.29) is 34.4 Å². The normalized spacial score (nSPS) is 14.8. The number of anilines is 1. The molecular formula is C11H11ClN4O4. The Bertz CT molecular complexity index is 604. The molecular weight excluding hydrogens is 288 g/mol. The van der Waals surface area contributed by atoms with Gasteiger partial charge in [0.25, 0.3) is 11.6 Å². The summed E-state index contributed by atoms with van der Waals surface area (Å²) in [7, 11) is 0. The van der Waals surface area contributed by atoms with Crippen LogP contribution in [0, 0.1) is 10.1 Å². The lowest BCUT2D eigenvalue weighted by Crippen LogP contribution is -2.50. The number of hydrogen-bond acceptors (Lipinski definition) is 5. The largest absolute Gasteiger partial charge is 0.397 e. The molecule has 0 aromatic heterocycles. The van der Waals surface area contributed by atoms with Crippen LogP contribution in [0.15, 0.2) is 12.1 Å². The van der Waals surface area contributed by atoms with E-state index in [0.717, 1.165) is 12.1 Å². The summed E-state index contributed by atoms with van der Waals surface area (Å²) in [6.45, 7) is 0.524. The van der Waals surface area contributed by atoms with Gasteiger partial charge in [-0.2, -0.15) is 0 Å². The first-order valence-corrected chi connectivity index (χ1v) is 6.07. The van der Waals surface area contributed by atoms with E-state index in [1.807, 2.05) is 0 Å². The molecule has 3 N–H and O–H groups in total. The van der Waals surface area contributed by atoms with Crippen molar-refractivity contribution in [2.24, 2.45) is 0 Å². The molecule has 8 nitrogen and oxygen atoms in total. The third-order valence-corrected chi connectivity index (χ3v) is 3.19. The molecule has 0 saturated carbocycles. The van der Waals surface area contributed by atoms with Crippen LogP contribution in [0.25, 0.3) is 0 Å². The van der Waals surface area contributed by atoms with Crippen LogP contribution in [0.3, 0.4) is 0 Å². The highest BCUT2D eigenvalue weighted by Gasteiger charge is 2.26. The molecule has 0 atom stereocenters. The number of non-ortho nitro benzene ring substituents is 1. The van der Waals surface area contributed by atoms with Crippen LogP contribution in [0.5, 0.6) is 0 Å². The van der Waals surface area contributed by atoms with Crippen molar-refractivity contribution >= 4 is 34.8 Å². The zero-order valence-corrected chi connectivity index (χ0v) is 11.0. The smallest absolute Gasteiger partial charge is 0.271 e. The van der Waals surface area contributed by atoms with Gasteiger partial charge in [-0.3, -0.25) is 19.7 Å². The Labute approximate surface area is 118 Å². The Hall–Kier alpha value is -2.35. The molecule has 0 spiro atoms. The second-order valence-electron chi connectivity index (χ2n) is 4.22. The molecule has 0 bridgehead atoms. The first-order valence-electron chi connectivity index (χ1n) is 5.69. The molecule has 1 aliphatic heterocycles. The molecule has 0 unspecified atom stereocenters. The topological polar surface area (TPSA) is 119 Å². The van der Waals surface area contributed by atoms with Crippen molar-refractivity contribution in [1.29, 1.82) is 0 Å². The summed E-state index contributed by atoms with van der Waals surface area (Å²) in [5.41, 5.74) is 5.26. The second kappa shape index (κ2) is 5.33. The first-order chi connectivity index (χ1) is 9.40. The fraction of sp³-hybridized carbons (Fsp3) is 0.273. The van der Waals surface area contributed by atoms with Crippen LogP contribution in [0.1, 0.15) is 10.4 Å². The van der Waals surface area contributed by atoms with Crippen molar-refractivity contribution < 1.29 is 14.5 Å². The summed E-state index contributed by atoms with van der Waals surface area (Å²) in [6, 6.07) is 2.15. The SMILES string of the molecule is Nc1c(Cl)cc([N+](=O)[O-])cc1C(=O)N1CCNC(=O)C1. The quantitative estimate of drug-likeness (QED) is 0.465. The number of hydrogen-bond donors (Lipinski definition) is 2. The van der Waals surface area contributed by atoms with Gasteiger partial charge in [0.1, 0.15) is 0 Å². The molecule has 0 aliphatic carbocycles. The number of piperazine rings is 1. The summed E-state index contributed by atoms with van der Waals surface area (Å²) >= 11 is 5.80. The van der Waals surface area contributed by atoms with Crippen molar-refractivity contribution in [2.45, 2.75) is 0 Å². The minimum atomic E-state index is -0.662. The number of nitrogens with zero attached hydrogens (tertiary/aromatic N) is 2. The second-order valence-corrected chi connectivity index (χ2v) is 4.63. The van der Waals surface area contributed by atoms with Crippen LogP contribution in [0.2, 0.25) is 5.02 Å². The van der Waals surface area contributed by atoms with Gasteiger partial charge in [-0.15, -0.1) is 0 Å². The maximum atomic E-state index is 12.3. The van der Waals surface area contributed by atoms with Gasteiger partial charge in [-0.1, -0.05) is 11.6 Å². The van der Waals surface area contributed by atoms with Gasteiger partial charge in [-0.05, 0) is 0 Å².